The summed E-state index contributed by atoms with van der Waals surface area (Å²) in [5.74, 6) is 0. The normalized spacial score (nSPS) is 13.8. The Morgan fingerprint density at radius 2 is 2.06 bits per heavy atom. The molecule has 0 fully saturated rings. The van der Waals surface area contributed by atoms with Gasteiger partial charge in [-0.3, -0.25) is 0 Å². The van der Waals surface area contributed by atoms with E-state index in [1.165, 1.54) is 36.0 Å². The quantitative estimate of drug-likeness (QED) is 0.806. The fraction of sp³-hybridized carbons (Fsp3) is 0.357. The van der Waals surface area contributed by atoms with Gasteiger partial charge in [-0.15, -0.1) is 0 Å². The lowest BCUT2D eigenvalue weighted by Gasteiger charge is -2.01. The Kier molecular flexibility index (Phi) is 2.63. The standard InChI is InChI=1S/C14H15NOS/c1-9-14(16-2)17-13(15-9)12-7-6-10-4-3-5-11(10)8-12/h6-8H,3-5H2,1-2H3. The number of fused-ring (bicyclic) bond motifs is 1. The Morgan fingerprint density at radius 3 is 2.82 bits per heavy atom. The molecule has 2 aromatic rings. The van der Waals surface area contributed by atoms with Crippen LogP contribution in [-0.4, -0.2) is 12.1 Å². The van der Waals surface area contributed by atoms with Gasteiger partial charge in [-0.05, 0) is 43.4 Å². The van der Waals surface area contributed by atoms with Gasteiger partial charge in [0.15, 0.2) is 5.06 Å². The van der Waals surface area contributed by atoms with Crippen molar-refractivity contribution in [2.24, 2.45) is 0 Å². The van der Waals surface area contributed by atoms with E-state index in [9.17, 15) is 0 Å². The van der Waals surface area contributed by atoms with E-state index in [0.29, 0.717) is 0 Å². The third kappa shape index (κ3) is 1.84. The molecule has 1 aromatic heterocycles. The summed E-state index contributed by atoms with van der Waals surface area (Å²) in [5.41, 5.74) is 5.21. The van der Waals surface area contributed by atoms with E-state index in [4.69, 9.17) is 4.74 Å². The van der Waals surface area contributed by atoms with Crippen LogP contribution in [0.15, 0.2) is 18.2 Å². The second-order valence-electron chi connectivity index (χ2n) is 4.43. The lowest BCUT2D eigenvalue weighted by Crippen LogP contribution is -1.84. The number of benzene rings is 1. The van der Waals surface area contributed by atoms with Gasteiger partial charge in [0, 0.05) is 5.56 Å². The minimum absolute atomic E-state index is 0.917. The number of thiazole rings is 1. The van der Waals surface area contributed by atoms with E-state index in [2.05, 4.69) is 23.2 Å². The van der Waals surface area contributed by atoms with E-state index in [-0.39, 0.29) is 0 Å². The van der Waals surface area contributed by atoms with Crippen LogP contribution in [-0.2, 0) is 12.8 Å². The van der Waals surface area contributed by atoms with Gasteiger partial charge in [0.1, 0.15) is 5.01 Å². The molecular weight excluding hydrogens is 230 g/mol. The summed E-state index contributed by atoms with van der Waals surface area (Å²) < 4.78 is 5.30. The Hall–Kier alpha value is -1.35. The van der Waals surface area contributed by atoms with Crippen LogP contribution in [0.5, 0.6) is 5.06 Å². The van der Waals surface area contributed by atoms with Crippen molar-refractivity contribution in [3.63, 3.8) is 0 Å². The molecule has 0 bridgehead atoms. The van der Waals surface area contributed by atoms with E-state index in [1.807, 2.05) is 6.92 Å². The van der Waals surface area contributed by atoms with Crippen molar-refractivity contribution in [3.05, 3.63) is 35.0 Å². The first-order chi connectivity index (χ1) is 8.28. The van der Waals surface area contributed by atoms with Crippen LogP contribution in [0.2, 0.25) is 0 Å². The lowest BCUT2D eigenvalue weighted by molar-refractivity contribution is 0.423. The summed E-state index contributed by atoms with van der Waals surface area (Å²) in [7, 11) is 1.70. The molecule has 3 heteroatoms. The molecule has 88 valence electrons. The highest BCUT2D eigenvalue weighted by atomic mass is 32.1. The topological polar surface area (TPSA) is 22.1 Å². The number of aromatic nitrogens is 1. The van der Waals surface area contributed by atoms with E-state index in [0.717, 1.165) is 15.8 Å². The average molecular weight is 245 g/mol. The minimum Gasteiger partial charge on any atom is -0.486 e. The first-order valence-electron chi connectivity index (χ1n) is 5.91. The molecule has 1 aliphatic carbocycles. The number of aryl methyl sites for hydroxylation is 3. The van der Waals surface area contributed by atoms with Gasteiger partial charge < -0.3 is 4.74 Å². The third-order valence-electron chi connectivity index (χ3n) is 3.28. The summed E-state index contributed by atoms with van der Waals surface area (Å²) in [4.78, 5) is 4.57. The highest BCUT2D eigenvalue weighted by Gasteiger charge is 2.14. The molecule has 0 saturated heterocycles. The molecule has 0 aliphatic heterocycles. The van der Waals surface area contributed by atoms with Gasteiger partial charge in [0.2, 0.25) is 0 Å². The summed E-state index contributed by atoms with van der Waals surface area (Å²) in [5, 5.41) is 1.98. The molecule has 0 atom stereocenters. The number of ether oxygens (including phenoxy) is 1. The van der Waals surface area contributed by atoms with Crippen molar-refractivity contribution < 1.29 is 4.74 Å². The molecule has 2 nitrogen and oxygen atoms in total. The first-order valence-corrected chi connectivity index (χ1v) is 6.73. The highest BCUT2D eigenvalue weighted by molar-refractivity contribution is 7.17. The van der Waals surface area contributed by atoms with Gasteiger partial charge in [0.05, 0.1) is 12.8 Å². The van der Waals surface area contributed by atoms with Crippen molar-refractivity contribution in [1.82, 2.24) is 4.98 Å². The SMILES string of the molecule is COc1sc(-c2ccc3c(c2)CCC3)nc1C. The maximum Gasteiger partial charge on any atom is 0.197 e. The lowest BCUT2D eigenvalue weighted by atomic mass is 10.1. The second-order valence-corrected chi connectivity index (χ2v) is 5.39. The molecular formula is C14H15NOS. The molecule has 0 amide bonds. The molecule has 0 radical (unpaired) electrons. The van der Waals surface area contributed by atoms with Gasteiger partial charge >= 0.3 is 0 Å². The van der Waals surface area contributed by atoms with Crippen LogP contribution in [0.1, 0.15) is 23.2 Å². The van der Waals surface area contributed by atoms with Crippen LogP contribution in [0.4, 0.5) is 0 Å². The molecule has 17 heavy (non-hydrogen) atoms. The Morgan fingerprint density at radius 1 is 1.24 bits per heavy atom. The number of hydrogen-bond acceptors (Lipinski definition) is 3. The summed E-state index contributed by atoms with van der Waals surface area (Å²) >= 11 is 1.62. The van der Waals surface area contributed by atoms with Gasteiger partial charge in [-0.2, -0.15) is 0 Å². The van der Waals surface area contributed by atoms with Crippen molar-refractivity contribution in [2.45, 2.75) is 26.2 Å². The Bertz CT molecular complexity index is 559. The zero-order chi connectivity index (χ0) is 11.8. The number of hydrogen-bond donors (Lipinski definition) is 0. The molecule has 0 unspecified atom stereocenters. The fourth-order valence-electron chi connectivity index (χ4n) is 2.40. The smallest absolute Gasteiger partial charge is 0.197 e. The number of nitrogens with zero attached hydrogens (tertiary/aromatic N) is 1. The predicted molar refractivity (Wildman–Crippen MR) is 70.9 cm³/mol. The molecule has 1 aromatic carbocycles. The van der Waals surface area contributed by atoms with Gasteiger partial charge in [0.25, 0.3) is 0 Å². The second kappa shape index (κ2) is 4.15. The number of rotatable bonds is 2. The molecule has 3 rings (SSSR count). The molecule has 1 aliphatic rings. The predicted octanol–water partition coefficient (Wildman–Crippen LogP) is 3.62. The van der Waals surface area contributed by atoms with E-state index < -0.39 is 0 Å². The van der Waals surface area contributed by atoms with Crippen LogP contribution in [0, 0.1) is 6.92 Å². The van der Waals surface area contributed by atoms with Gasteiger partial charge in [-0.1, -0.05) is 23.5 Å². The average Bonchev–Trinajstić information content (AvgIpc) is 2.93. The monoisotopic (exact) mass is 245 g/mol. The maximum atomic E-state index is 5.30. The Balaban J connectivity index is 2.03. The molecule has 0 N–H and O–H groups in total. The molecule has 0 spiro atoms. The highest BCUT2D eigenvalue weighted by Crippen LogP contribution is 2.35. The zero-order valence-electron chi connectivity index (χ0n) is 10.1. The van der Waals surface area contributed by atoms with E-state index >= 15 is 0 Å². The Labute approximate surface area is 105 Å². The van der Waals surface area contributed by atoms with E-state index in [1.54, 1.807) is 18.4 Å². The summed E-state index contributed by atoms with van der Waals surface area (Å²) in [6, 6.07) is 6.72. The minimum atomic E-state index is 0.917. The summed E-state index contributed by atoms with van der Waals surface area (Å²) in [6.07, 6.45) is 3.74. The zero-order valence-corrected chi connectivity index (χ0v) is 10.9. The molecule has 0 saturated carbocycles. The van der Waals surface area contributed by atoms with Crippen LogP contribution in [0.3, 0.4) is 0 Å². The fourth-order valence-corrected chi connectivity index (χ4v) is 3.28. The molecule has 1 heterocycles. The number of methoxy groups -OCH3 is 1. The summed E-state index contributed by atoms with van der Waals surface area (Å²) in [6.45, 7) is 1.99. The van der Waals surface area contributed by atoms with Crippen LogP contribution >= 0.6 is 11.3 Å². The maximum absolute atomic E-state index is 5.30. The third-order valence-corrected chi connectivity index (χ3v) is 4.45. The van der Waals surface area contributed by atoms with Crippen molar-refractivity contribution >= 4 is 11.3 Å². The first kappa shape index (κ1) is 10.8. The van der Waals surface area contributed by atoms with Crippen LogP contribution < -0.4 is 4.74 Å². The van der Waals surface area contributed by atoms with Crippen molar-refractivity contribution in [2.75, 3.05) is 7.11 Å². The van der Waals surface area contributed by atoms with Crippen LogP contribution in [0.25, 0.3) is 10.6 Å². The van der Waals surface area contributed by atoms with Crippen molar-refractivity contribution in [3.8, 4) is 15.6 Å². The van der Waals surface area contributed by atoms with Crippen molar-refractivity contribution in [1.29, 1.82) is 0 Å². The van der Waals surface area contributed by atoms with Gasteiger partial charge in [-0.25, -0.2) is 4.98 Å². The largest absolute Gasteiger partial charge is 0.486 e.